The van der Waals surface area contributed by atoms with E-state index in [1.807, 2.05) is 18.2 Å². The van der Waals surface area contributed by atoms with Crippen LogP contribution in [-0.2, 0) is 6.54 Å². The van der Waals surface area contributed by atoms with E-state index in [9.17, 15) is 5.11 Å². The largest absolute Gasteiger partial charge is 0.490 e. The van der Waals surface area contributed by atoms with Crippen molar-refractivity contribution in [3.63, 3.8) is 0 Å². The Hall–Kier alpha value is -1.84. The van der Waals surface area contributed by atoms with Crippen LogP contribution in [0.3, 0.4) is 0 Å². The van der Waals surface area contributed by atoms with Crippen molar-refractivity contribution in [1.29, 1.82) is 0 Å². The average molecular weight is 328 g/mol. The van der Waals surface area contributed by atoms with Crippen molar-refractivity contribution in [1.82, 2.24) is 0 Å². The molecule has 0 fully saturated rings. The van der Waals surface area contributed by atoms with E-state index in [-0.39, 0.29) is 0 Å². The summed E-state index contributed by atoms with van der Waals surface area (Å²) in [5.41, 5.74) is 3.65. The number of aliphatic hydroxyl groups is 1. The molecule has 0 amide bonds. The number of hydrogen-bond donors (Lipinski definition) is 2. The predicted octanol–water partition coefficient (Wildman–Crippen LogP) is 2.57. The van der Waals surface area contributed by atoms with Crippen LogP contribution in [0, 0.1) is 6.92 Å². The Kier molecular flexibility index (Phi) is 6.83. The molecule has 0 aromatic heterocycles. The van der Waals surface area contributed by atoms with Gasteiger partial charge in [-0.05, 0) is 30.0 Å². The number of ether oxygens (including phenoxy) is 1. The summed E-state index contributed by atoms with van der Waals surface area (Å²) in [7, 11) is 2.10. The van der Waals surface area contributed by atoms with E-state index in [4.69, 9.17) is 4.74 Å². The highest BCUT2D eigenvalue weighted by molar-refractivity contribution is 5.39. The zero-order valence-corrected chi connectivity index (χ0v) is 15.3. The van der Waals surface area contributed by atoms with E-state index in [1.165, 1.54) is 21.6 Å². The second-order valence-electron chi connectivity index (χ2n) is 6.98. The molecule has 0 spiro atoms. The van der Waals surface area contributed by atoms with Crippen LogP contribution >= 0.6 is 0 Å². The summed E-state index contributed by atoms with van der Waals surface area (Å²) in [5, 5.41) is 10.3. The Morgan fingerprint density at radius 2 is 1.79 bits per heavy atom. The molecular formula is C21H30NO2+. The fraction of sp³-hybridized carbons (Fsp3) is 0.429. The van der Waals surface area contributed by atoms with Crippen LogP contribution < -0.4 is 9.64 Å². The summed E-state index contributed by atoms with van der Waals surface area (Å²) in [6, 6.07) is 16.6. The van der Waals surface area contributed by atoms with Gasteiger partial charge in [0.1, 0.15) is 31.5 Å². The monoisotopic (exact) mass is 328 g/mol. The maximum atomic E-state index is 10.3. The number of likely N-dealkylation sites (N-methyl/N-ethyl adjacent to an activating group) is 1. The number of aliphatic hydroxyl groups excluding tert-OH is 1. The van der Waals surface area contributed by atoms with Crippen LogP contribution in [-0.4, -0.2) is 31.4 Å². The summed E-state index contributed by atoms with van der Waals surface area (Å²) in [6.07, 6.45) is -0.478. The van der Waals surface area contributed by atoms with Gasteiger partial charge in [0.15, 0.2) is 0 Å². The SMILES string of the molecule is Cc1ccc(C(C)C)c(OC[C@H](O)C[NH+](C)Cc2ccccc2)c1. The molecule has 0 radical (unpaired) electrons. The van der Waals surface area contributed by atoms with Gasteiger partial charge in [0.2, 0.25) is 0 Å². The summed E-state index contributed by atoms with van der Waals surface area (Å²) >= 11 is 0. The lowest BCUT2D eigenvalue weighted by atomic mass is 10.0. The molecule has 130 valence electrons. The van der Waals surface area contributed by atoms with Crippen LogP contribution in [0.5, 0.6) is 5.75 Å². The molecule has 0 saturated heterocycles. The van der Waals surface area contributed by atoms with Crippen LogP contribution in [0.1, 0.15) is 36.5 Å². The van der Waals surface area contributed by atoms with E-state index in [2.05, 4.69) is 58.2 Å². The molecule has 2 aromatic rings. The first kappa shape index (κ1) is 18.5. The first-order chi connectivity index (χ1) is 11.5. The Balaban J connectivity index is 1.87. The molecule has 2 rings (SSSR count). The highest BCUT2D eigenvalue weighted by atomic mass is 16.5. The first-order valence-corrected chi connectivity index (χ1v) is 8.72. The average Bonchev–Trinajstić information content (AvgIpc) is 2.53. The summed E-state index contributed by atoms with van der Waals surface area (Å²) < 4.78 is 5.93. The van der Waals surface area contributed by atoms with Crippen molar-refractivity contribution in [2.24, 2.45) is 0 Å². The van der Waals surface area contributed by atoms with E-state index < -0.39 is 6.10 Å². The molecule has 0 heterocycles. The molecule has 3 heteroatoms. The van der Waals surface area contributed by atoms with Gasteiger partial charge in [-0.3, -0.25) is 0 Å². The minimum Gasteiger partial charge on any atom is -0.490 e. The molecule has 2 aromatic carbocycles. The van der Waals surface area contributed by atoms with Gasteiger partial charge in [-0.1, -0.05) is 56.3 Å². The lowest BCUT2D eigenvalue weighted by Gasteiger charge is -2.20. The molecule has 2 atom stereocenters. The molecule has 0 saturated carbocycles. The Bertz CT molecular complexity index is 625. The molecule has 24 heavy (non-hydrogen) atoms. The van der Waals surface area contributed by atoms with Gasteiger partial charge in [0.25, 0.3) is 0 Å². The number of hydrogen-bond acceptors (Lipinski definition) is 2. The number of quaternary nitrogens is 1. The third-order valence-electron chi connectivity index (χ3n) is 4.16. The Morgan fingerprint density at radius 3 is 2.46 bits per heavy atom. The Morgan fingerprint density at radius 1 is 1.08 bits per heavy atom. The molecule has 0 aliphatic carbocycles. The molecule has 2 N–H and O–H groups in total. The standard InChI is InChI=1S/C21H29NO2/c1-16(2)20-11-10-17(3)12-21(20)24-15-19(23)14-22(4)13-18-8-6-5-7-9-18/h5-12,16,19,23H,13-15H2,1-4H3/p+1/t19-/m1/s1. The van der Waals surface area contributed by atoms with Crippen molar-refractivity contribution < 1.29 is 14.7 Å². The van der Waals surface area contributed by atoms with Gasteiger partial charge in [-0.25, -0.2) is 0 Å². The van der Waals surface area contributed by atoms with Crippen molar-refractivity contribution in [3.8, 4) is 5.75 Å². The van der Waals surface area contributed by atoms with E-state index in [1.54, 1.807) is 0 Å². The van der Waals surface area contributed by atoms with Crippen LogP contribution in [0.15, 0.2) is 48.5 Å². The fourth-order valence-corrected chi connectivity index (χ4v) is 2.91. The molecule has 0 aliphatic rings. The minimum absolute atomic E-state index is 0.329. The summed E-state index contributed by atoms with van der Waals surface area (Å²) in [4.78, 5) is 1.27. The number of rotatable bonds is 8. The highest BCUT2D eigenvalue weighted by Gasteiger charge is 2.15. The maximum Gasteiger partial charge on any atom is 0.137 e. The molecule has 1 unspecified atom stereocenters. The summed E-state index contributed by atoms with van der Waals surface area (Å²) in [6.45, 7) is 8.27. The third-order valence-corrected chi connectivity index (χ3v) is 4.16. The van der Waals surface area contributed by atoms with Crippen molar-refractivity contribution in [3.05, 3.63) is 65.2 Å². The lowest BCUT2D eigenvalue weighted by molar-refractivity contribution is -0.897. The van der Waals surface area contributed by atoms with E-state index >= 15 is 0 Å². The van der Waals surface area contributed by atoms with Crippen molar-refractivity contribution in [2.75, 3.05) is 20.2 Å². The normalized spacial score (nSPS) is 13.8. The zero-order valence-electron chi connectivity index (χ0n) is 15.3. The van der Waals surface area contributed by atoms with Gasteiger partial charge >= 0.3 is 0 Å². The summed E-state index contributed by atoms with van der Waals surface area (Å²) in [5.74, 6) is 1.30. The third kappa shape index (κ3) is 5.66. The second kappa shape index (κ2) is 8.86. The van der Waals surface area contributed by atoms with Crippen molar-refractivity contribution in [2.45, 2.75) is 39.3 Å². The Labute approximate surface area is 145 Å². The molecule has 0 bridgehead atoms. The molecular weight excluding hydrogens is 298 g/mol. The van der Waals surface area contributed by atoms with Crippen LogP contribution in [0.4, 0.5) is 0 Å². The van der Waals surface area contributed by atoms with Gasteiger partial charge in [-0.15, -0.1) is 0 Å². The lowest BCUT2D eigenvalue weighted by Crippen LogP contribution is -3.09. The van der Waals surface area contributed by atoms with Crippen LogP contribution in [0.2, 0.25) is 0 Å². The van der Waals surface area contributed by atoms with Crippen molar-refractivity contribution >= 4 is 0 Å². The second-order valence-corrected chi connectivity index (χ2v) is 6.98. The van der Waals surface area contributed by atoms with Gasteiger partial charge < -0.3 is 14.7 Å². The minimum atomic E-state index is -0.478. The maximum absolute atomic E-state index is 10.3. The smallest absolute Gasteiger partial charge is 0.137 e. The predicted molar refractivity (Wildman–Crippen MR) is 98.7 cm³/mol. The van der Waals surface area contributed by atoms with Crippen LogP contribution in [0.25, 0.3) is 0 Å². The van der Waals surface area contributed by atoms with E-state index in [0.717, 1.165) is 12.3 Å². The molecule has 0 aliphatic heterocycles. The van der Waals surface area contributed by atoms with Gasteiger partial charge in [-0.2, -0.15) is 0 Å². The van der Waals surface area contributed by atoms with Gasteiger partial charge in [0.05, 0.1) is 7.05 Å². The number of aryl methyl sites for hydroxylation is 1. The zero-order chi connectivity index (χ0) is 17.5. The first-order valence-electron chi connectivity index (χ1n) is 8.72. The topological polar surface area (TPSA) is 33.9 Å². The fourth-order valence-electron chi connectivity index (χ4n) is 2.91. The number of benzene rings is 2. The van der Waals surface area contributed by atoms with Gasteiger partial charge in [0, 0.05) is 5.56 Å². The van der Waals surface area contributed by atoms with E-state index in [0.29, 0.717) is 19.1 Å². The highest BCUT2D eigenvalue weighted by Crippen LogP contribution is 2.27. The molecule has 3 nitrogen and oxygen atoms in total. The quantitative estimate of drug-likeness (QED) is 0.781. The number of nitrogens with one attached hydrogen (secondary N) is 1.